The number of thiazole rings is 1. The van der Waals surface area contributed by atoms with Gasteiger partial charge in [0.25, 0.3) is 0 Å². The molecule has 3 aromatic rings. The van der Waals surface area contributed by atoms with Crippen LogP contribution in [0.1, 0.15) is 24.0 Å². The van der Waals surface area contributed by atoms with Crippen molar-refractivity contribution < 1.29 is 0 Å². The first-order valence-electron chi connectivity index (χ1n) is 10.2. The van der Waals surface area contributed by atoms with Crippen LogP contribution in [0.5, 0.6) is 0 Å². The van der Waals surface area contributed by atoms with Crippen LogP contribution in [0.3, 0.4) is 0 Å². The molecular formula is C28H25NS. The Balaban J connectivity index is 1.69. The van der Waals surface area contributed by atoms with Gasteiger partial charge in [0, 0.05) is 17.1 Å². The van der Waals surface area contributed by atoms with Gasteiger partial charge in [0.15, 0.2) is 0 Å². The minimum atomic E-state index is 1.04. The number of benzene rings is 2. The highest BCUT2D eigenvalue weighted by Crippen LogP contribution is 2.32. The Morgan fingerprint density at radius 3 is 2.73 bits per heavy atom. The van der Waals surface area contributed by atoms with E-state index in [1.165, 1.54) is 27.8 Å². The van der Waals surface area contributed by atoms with Gasteiger partial charge in [0.1, 0.15) is 5.01 Å². The van der Waals surface area contributed by atoms with Crippen molar-refractivity contribution in [2.24, 2.45) is 0 Å². The molecule has 30 heavy (non-hydrogen) atoms. The van der Waals surface area contributed by atoms with Crippen LogP contribution in [-0.4, -0.2) is 4.98 Å². The molecule has 0 N–H and O–H groups in total. The predicted octanol–water partition coefficient (Wildman–Crippen LogP) is 8.19. The molecule has 0 saturated heterocycles. The maximum absolute atomic E-state index is 4.49. The highest BCUT2D eigenvalue weighted by molar-refractivity contribution is 7.13. The Morgan fingerprint density at radius 1 is 1.13 bits per heavy atom. The SMILES string of the molecule is C=C/C(=C\C(=C)C1=CC=CCC1)c1cccc(-c2ccc(C)c(-c3nccs3)c2)c1. The molecule has 1 aliphatic rings. The van der Waals surface area contributed by atoms with Crippen LogP contribution in [0.15, 0.2) is 109 Å². The van der Waals surface area contributed by atoms with E-state index in [4.69, 9.17) is 0 Å². The summed E-state index contributed by atoms with van der Waals surface area (Å²) in [5.41, 5.74) is 9.39. The average molecular weight is 408 g/mol. The second-order valence-corrected chi connectivity index (χ2v) is 8.33. The molecule has 1 aromatic heterocycles. The van der Waals surface area contributed by atoms with Gasteiger partial charge in [-0.15, -0.1) is 11.3 Å². The summed E-state index contributed by atoms with van der Waals surface area (Å²) in [6, 6.07) is 15.2. The van der Waals surface area contributed by atoms with Crippen LogP contribution in [0.2, 0.25) is 0 Å². The van der Waals surface area contributed by atoms with E-state index in [1.54, 1.807) is 11.3 Å². The van der Waals surface area contributed by atoms with Crippen molar-refractivity contribution in [3.8, 4) is 21.7 Å². The summed E-state index contributed by atoms with van der Waals surface area (Å²) in [5.74, 6) is 0. The van der Waals surface area contributed by atoms with Crippen LogP contribution in [0, 0.1) is 6.92 Å². The van der Waals surface area contributed by atoms with Crippen molar-refractivity contribution in [1.29, 1.82) is 0 Å². The molecule has 1 nitrogen and oxygen atoms in total. The summed E-state index contributed by atoms with van der Waals surface area (Å²) < 4.78 is 0. The molecule has 0 amide bonds. The van der Waals surface area contributed by atoms with Gasteiger partial charge >= 0.3 is 0 Å². The number of allylic oxidation sites excluding steroid dienone is 8. The molecule has 1 aliphatic carbocycles. The fraction of sp³-hybridized carbons (Fsp3) is 0.107. The topological polar surface area (TPSA) is 12.9 Å². The second-order valence-electron chi connectivity index (χ2n) is 7.44. The Hall–Kier alpha value is -3.23. The highest BCUT2D eigenvalue weighted by Gasteiger charge is 2.09. The average Bonchev–Trinajstić information content (AvgIpc) is 3.33. The van der Waals surface area contributed by atoms with E-state index in [9.17, 15) is 0 Å². The lowest BCUT2D eigenvalue weighted by atomic mass is 9.93. The molecule has 4 rings (SSSR count). The van der Waals surface area contributed by atoms with Crippen molar-refractivity contribution >= 4 is 16.9 Å². The second kappa shape index (κ2) is 9.06. The largest absolute Gasteiger partial charge is 0.245 e. The van der Waals surface area contributed by atoms with Gasteiger partial charge in [0.05, 0.1) is 0 Å². The first-order chi connectivity index (χ1) is 14.7. The van der Waals surface area contributed by atoms with Crippen molar-refractivity contribution in [1.82, 2.24) is 4.98 Å². The molecular weight excluding hydrogens is 382 g/mol. The number of hydrogen-bond acceptors (Lipinski definition) is 2. The molecule has 0 aliphatic heterocycles. The third-order valence-corrected chi connectivity index (χ3v) is 6.21. The van der Waals surface area contributed by atoms with E-state index in [2.05, 4.69) is 91.8 Å². The fourth-order valence-corrected chi connectivity index (χ4v) is 4.40. The lowest BCUT2D eigenvalue weighted by Crippen LogP contribution is -1.91. The normalized spacial score (nSPS) is 13.8. The molecule has 0 spiro atoms. The Morgan fingerprint density at radius 2 is 2.00 bits per heavy atom. The summed E-state index contributed by atoms with van der Waals surface area (Å²) in [6.45, 7) is 10.5. The van der Waals surface area contributed by atoms with E-state index < -0.39 is 0 Å². The van der Waals surface area contributed by atoms with Crippen molar-refractivity contribution in [3.05, 3.63) is 120 Å². The molecule has 2 heteroatoms. The summed E-state index contributed by atoms with van der Waals surface area (Å²) >= 11 is 1.67. The Bertz CT molecular complexity index is 1170. The first kappa shape index (κ1) is 20.1. The van der Waals surface area contributed by atoms with Crippen LogP contribution < -0.4 is 0 Å². The van der Waals surface area contributed by atoms with E-state index >= 15 is 0 Å². The first-order valence-corrected chi connectivity index (χ1v) is 11.0. The zero-order valence-corrected chi connectivity index (χ0v) is 18.1. The molecule has 0 radical (unpaired) electrons. The minimum Gasteiger partial charge on any atom is -0.245 e. The van der Waals surface area contributed by atoms with Gasteiger partial charge in [-0.2, -0.15) is 0 Å². The number of aryl methyl sites for hydroxylation is 1. The van der Waals surface area contributed by atoms with Crippen LogP contribution in [0.4, 0.5) is 0 Å². The molecule has 0 bridgehead atoms. The number of nitrogens with zero attached hydrogens (tertiary/aromatic N) is 1. The summed E-state index contributed by atoms with van der Waals surface area (Å²) in [7, 11) is 0. The Labute approximate surface area is 183 Å². The zero-order chi connectivity index (χ0) is 20.9. The van der Waals surface area contributed by atoms with E-state index in [0.717, 1.165) is 34.6 Å². The molecule has 1 heterocycles. The van der Waals surface area contributed by atoms with Crippen molar-refractivity contribution in [2.75, 3.05) is 0 Å². The third-order valence-electron chi connectivity index (χ3n) is 5.41. The quantitative estimate of drug-likeness (QED) is 0.375. The van der Waals surface area contributed by atoms with Crippen molar-refractivity contribution in [2.45, 2.75) is 19.8 Å². The zero-order valence-electron chi connectivity index (χ0n) is 17.3. The molecule has 0 atom stereocenters. The highest BCUT2D eigenvalue weighted by atomic mass is 32.1. The van der Waals surface area contributed by atoms with Crippen LogP contribution in [-0.2, 0) is 0 Å². The number of hydrogen-bond donors (Lipinski definition) is 0. The minimum absolute atomic E-state index is 1.04. The van der Waals surface area contributed by atoms with Gasteiger partial charge in [-0.05, 0) is 76.9 Å². The van der Waals surface area contributed by atoms with Crippen LogP contribution in [0.25, 0.3) is 27.3 Å². The van der Waals surface area contributed by atoms with E-state index in [0.29, 0.717) is 0 Å². The lowest BCUT2D eigenvalue weighted by Gasteiger charge is -2.12. The third kappa shape index (κ3) is 4.34. The summed E-state index contributed by atoms with van der Waals surface area (Å²) in [6.07, 6.45) is 14.5. The lowest BCUT2D eigenvalue weighted by molar-refractivity contribution is 0.979. The summed E-state index contributed by atoms with van der Waals surface area (Å²) in [5, 5.41) is 3.08. The maximum atomic E-state index is 4.49. The van der Waals surface area contributed by atoms with Gasteiger partial charge in [-0.3, -0.25) is 0 Å². The van der Waals surface area contributed by atoms with Gasteiger partial charge < -0.3 is 0 Å². The smallest absolute Gasteiger partial charge is 0.123 e. The molecule has 148 valence electrons. The maximum Gasteiger partial charge on any atom is 0.123 e. The van der Waals surface area contributed by atoms with Gasteiger partial charge in [0.2, 0.25) is 0 Å². The molecule has 0 unspecified atom stereocenters. The Kier molecular flexibility index (Phi) is 6.06. The number of aromatic nitrogens is 1. The molecule has 0 saturated carbocycles. The molecule has 2 aromatic carbocycles. The summed E-state index contributed by atoms with van der Waals surface area (Å²) in [4.78, 5) is 4.49. The van der Waals surface area contributed by atoms with E-state index in [-0.39, 0.29) is 0 Å². The van der Waals surface area contributed by atoms with Crippen LogP contribution >= 0.6 is 11.3 Å². The molecule has 0 fully saturated rings. The fourth-order valence-electron chi connectivity index (χ4n) is 3.68. The monoisotopic (exact) mass is 407 g/mol. The predicted molar refractivity (Wildman–Crippen MR) is 131 cm³/mol. The van der Waals surface area contributed by atoms with Gasteiger partial charge in [-0.1, -0.05) is 67.8 Å². The van der Waals surface area contributed by atoms with E-state index in [1.807, 2.05) is 17.7 Å². The number of rotatable bonds is 6. The standard InChI is InChI=1S/C28H25NS/c1-4-22(17-21(3)23-9-6-5-7-10-23)24-11-8-12-25(18-24)26-14-13-20(2)27(19-26)28-29-15-16-30-28/h4-6,8-9,11-19H,1,3,7,10H2,2H3/b22-17+. The van der Waals surface area contributed by atoms with Crippen molar-refractivity contribution in [3.63, 3.8) is 0 Å². The van der Waals surface area contributed by atoms with Gasteiger partial charge in [-0.25, -0.2) is 4.98 Å².